The van der Waals surface area contributed by atoms with E-state index in [2.05, 4.69) is 86.8 Å². The summed E-state index contributed by atoms with van der Waals surface area (Å²) >= 11 is 0. The Morgan fingerprint density at radius 3 is 1.91 bits per heavy atom. The third-order valence-electron chi connectivity index (χ3n) is 4.17. The van der Waals surface area contributed by atoms with Gasteiger partial charge in [-0.2, -0.15) is 0 Å². The van der Waals surface area contributed by atoms with Crippen molar-refractivity contribution >= 4 is 5.84 Å². The van der Waals surface area contributed by atoms with Crippen LogP contribution in [0.5, 0.6) is 0 Å². The molecule has 0 saturated carbocycles. The Labute approximate surface area is 133 Å². The van der Waals surface area contributed by atoms with Gasteiger partial charge < -0.3 is 5.32 Å². The average molecular weight is 292 g/mol. The number of rotatable bonds is 3. The molecule has 1 aliphatic heterocycles. The van der Waals surface area contributed by atoms with Crippen LogP contribution in [0, 0.1) is 0 Å². The Kier molecular flexibility index (Phi) is 4.02. The number of nitrogens with zero attached hydrogens (tertiary/aromatic N) is 1. The highest BCUT2D eigenvalue weighted by Gasteiger charge is 2.31. The zero-order valence-corrected chi connectivity index (χ0v) is 13.6. The van der Waals surface area contributed by atoms with E-state index < -0.39 is 0 Å². The number of nitrogens with one attached hydrogen (secondary N) is 1. The smallest absolute Gasteiger partial charge is 0.109 e. The van der Waals surface area contributed by atoms with Crippen molar-refractivity contribution in [2.45, 2.75) is 44.7 Å². The lowest BCUT2D eigenvalue weighted by Crippen LogP contribution is -2.51. The van der Waals surface area contributed by atoms with Crippen molar-refractivity contribution in [2.75, 3.05) is 0 Å². The van der Waals surface area contributed by atoms with Crippen molar-refractivity contribution in [3.63, 3.8) is 0 Å². The zero-order valence-electron chi connectivity index (χ0n) is 13.6. The van der Waals surface area contributed by atoms with Gasteiger partial charge in [-0.3, -0.25) is 4.99 Å². The van der Waals surface area contributed by atoms with Gasteiger partial charge in [-0.25, -0.2) is 0 Å². The van der Waals surface area contributed by atoms with Crippen molar-refractivity contribution in [1.82, 2.24) is 5.32 Å². The second-order valence-corrected chi connectivity index (χ2v) is 6.83. The third kappa shape index (κ3) is 3.22. The van der Waals surface area contributed by atoms with Crippen molar-refractivity contribution in [2.24, 2.45) is 4.99 Å². The van der Waals surface area contributed by atoms with Crippen molar-refractivity contribution < 1.29 is 0 Å². The molecule has 1 heterocycles. The number of aliphatic imine (C=N–C) groups is 1. The Bertz CT molecular complexity index is 604. The fourth-order valence-corrected chi connectivity index (χ4v) is 3.40. The predicted octanol–water partition coefficient (Wildman–Crippen LogP) is 4.38. The summed E-state index contributed by atoms with van der Waals surface area (Å²) in [4.78, 5) is 4.94. The molecule has 1 atom stereocenters. The molecule has 0 aromatic heterocycles. The van der Waals surface area contributed by atoms with E-state index in [4.69, 9.17) is 4.99 Å². The first-order chi connectivity index (χ1) is 10.6. The van der Waals surface area contributed by atoms with E-state index >= 15 is 0 Å². The SMILES string of the molecule is CC1CC(C)(C)NC(C(c2ccccc2)c2ccccc2)=N1. The van der Waals surface area contributed by atoms with Gasteiger partial charge in [0, 0.05) is 5.54 Å². The minimum absolute atomic E-state index is 0.0817. The molecule has 0 amide bonds. The molecule has 22 heavy (non-hydrogen) atoms. The Hall–Kier alpha value is -2.09. The predicted molar refractivity (Wildman–Crippen MR) is 93.5 cm³/mol. The molecule has 2 aromatic rings. The number of hydrogen-bond donors (Lipinski definition) is 1. The van der Waals surface area contributed by atoms with Crippen LogP contribution < -0.4 is 5.32 Å². The van der Waals surface area contributed by atoms with Crippen LogP contribution in [0.4, 0.5) is 0 Å². The van der Waals surface area contributed by atoms with E-state index in [1.54, 1.807) is 0 Å². The topological polar surface area (TPSA) is 24.4 Å². The van der Waals surface area contributed by atoms with E-state index in [0.717, 1.165) is 12.3 Å². The monoisotopic (exact) mass is 292 g/mol. The summed E-state index contributed by atoms with van der Waals surface area (Å²) in [6.45, 7) is 6.71. The van der Waals surface area contributed by atoms with Gasteiger partial charge in [-0.15, -0.1) is 0 Å². The second kappa shape index (κ2) is 5.96. The lowest BCUT2D eigenvalue weighted by atomic mass is 9.86. The molecule has 3 rings (SSSR count). The Balaban J connectivity index is 2.07. The summed E-state index contributed by atoms with van der Waals surface area (Å²) < 4.78 is 0. The maximum atomic E-state index is 4.94. The van der Waals surface area contributed by atoms with Crippen molar-refractivity contribution in [3.8, 4) is 0 Å². The molecule has 2 nitrogen and oxygen atoms in total. The molecule has 0 radical (unpaired) electrons. The van der Waals surface area contributed by atoms with E-state index in [0.29, 0.717) is 6.04 Å². The van der Waals surface area contributed by atoms with Crippen LogP contribution in [0.2, 0.25) is 0 Å². The Morgan fingerprint density at radius 1 is 0.955 bits per heavy atom. The molecule has 1 unspecified atom stereocenters. The molecule has 1 N–H and O–H groups in total. The molecule has 2 heteroatoms. The first-order valence-corrected chi connectivity index (χ1v) is 8.01. The lowest BCUT2D eigenvalue weighted by molar-refractivity contribution is 0.369. The standard InChI is InChI=1S/C20H24N2/c1-15-14-20(2,3)22-19(21-15)18(16-10-6-4-7-11-16)17-12-8-5-9-13-17/h4-13,15,18H,14H2,1-3H3,(H,21,22). The first-order valence-electron chi connectivity index (χ1n) is 8.01. The van der Waals surface area contributed by atoms with Gasteiger partial charge in [-0.05, 0) is 38.3 Å². The van der Waals surface area contributed by atoms with Crippen molar-refractivity contribution in [1.29, 1.82) is 0 Å². The summed E-state index contributed by atoms with van der Waals surface area (Å²) in [5, 5.41) is 3.67. The molecule has 0 bridgehead atoms. The van der Waals surface area contributed by atoms with E-state index in [9.17, 15) is 0 Å². The van der Waals surface area contributed by atoms with Gasteiger partial charge >= 0.3 is 0 Å². The van der Waals surface area contributed by atoms with Crippen LogP contribution in [0.1, 0.15) is 44.2 Å². The van der Waals surface area contributed by atoms with E-state index in [1.165, 1.54) is 11.1 Å². The maximum absolute atomic E-state index is 4.94. The molecule has 0 saturated heterocycles. The first kappa shape index (κ1) is 14.8. The van der Waals surface area contributed by atoms with Crippen LogP contribution in [-0.2, 0) is 0 Å². The van der Waals surface area contributed by atoms with Gasteiger partial charge in [0.2, 0.25) is 0 Å². The van der Waals surface area contributed by atoms with Crippen LogP contribution in [0.3, 0.4) is 0 Å². The summed E-state index contributed by atoms with van der Waals surface area (Å²) in [6, 6.07) is 21.6. The maximum Gasteiger partial charge on any atom is 0.109 e. The van der Waals surface area contributed by atoms with Crippen molar-refractivity contribution in [3.05, 3.63) is 71.8 Å². The van der Waals surface area contributed by atoms with Gasteiger partial charge in [-0.1, -0.05) is 60.7 Å². The number of hydrogen-bond acceptors (Lipinski definition) is 2. The molecule has 0 aliphatic carbocycles. The fourth-order valence-electron chi connectivity index (χ4n) is 3.40. The highest BCUT2D eigenvalue weighted by atomic mass is 15.1. The zero-order chi connectivity index (χ0) is 15.6. The fraction of sp³-hybridized carbons (Fsp3) is 0.350. The molecular weight excluding hydrogens is 268 g/mol. The van der Waals surface area contributed by atoms with E-state index in [-0.39, 0.29) is 11.5 Å². The molecular formula is C20H24N2. The van der Waals surface area contributed by atoms with Gasteiger partial charge in [0.15, 0.2) is 0 Å². The van der Waals surface area contributed by atoms with Gasteiger partial charge in [0.05, 0.1) is 12.0 Å². The highest BCUT2D eigenvalue weighted by Crippen LogP contribution is 2.30. The van der Waals surface area contributed by atoms with Crippen LogP contribution >= 0.6 is 0 Å². The average Bonchev–Trinajstić information content (AvgIpc) is 2.48. The van der Waals surface area contributed by atoms with Gasteiger partial charge in [0.25, 0.3) is 0 Å². The summed E-state index contributed by atoms with van der Waals surface area (Å²) in [7, 11) is 0. The third-order valence-corrected chi connectivity index (χ3v) is 4.17. The van der Waals surface area contributed by atoms with Crippen LogP contribution in [-0.4, -0.2) is 17.4 Å². The molecule has 1 aliphatic rings. The molecule has 114 valence electrons. The van der Waals surface area contributed by atoms with Crippen LogP contribution in [0.25, 0.3) is 0 Å². The second-order valence-electron chi connectivity index (χ2n) is 6.83. The number of amidine groups is 1. The van der Waals surface area contributed by atoms with Gasteiger partial charge in [0.1, 0.15) is 5.84 Å². The lowest BCUT2D eigenvalue weighted by Gasteiger charge is -2.37. The molecule has 0 spiro atoms. The minimum atomic E-state index is 0.0817. The largest absolute Gasteiger partial charge is 0.368 e. The highest BCUT2D eigenvalue weighted by molar-refractivity contribution is 5.93. The number of benzene rings is 2. The summed E-state index contributed by atoms with van der Waals surface area (Å²) in [5.41, 5.74) is 2.65. The summed E-state index contributed by atoms with van der Waals surface area (Å²) in [6.07, 6.45) is 1.06. The van der Waals surface area contributed by atoms with Crippen LogP contribution in [0.15, 0.2) is 65.7 Å². The quantitative estimate of drug-likeness (QED) is 0.892. The molecule has 2 aromatic carbocycles. The minimum Gasteiger partial charge on any atom is -0.368 e. The molecule has 0 fully saturated rings. The summed E-state index contributed by atoms with van der Waals surface area (Å²) in [5.74, 6) is 1.26. The van der Waals surface area contributed by atoms with E-state index in [1.807, 2.05) is 0 Å². The normalized spacial score (nSPS) is 20.4. The Morgan fingerprint density at radius 2 is 1.45 bits per heavy atom.